The molecule has 0 atom stereocenters. The standard InChI is InChI=1S/C18H27N2O3/c1-17(2)11-15(12-18(3,4)20(17)22)23-16(21)13-7-9-14(10-8-13)19(5)6/h7-10,15H,11-12H2,1-6H3. The molecule has 0 aliphatic carbocycles. The largest absolute Gasteiger partial charge is 0.459 e. The molecule has 0 amide bonds. The van der Waals surface area contributed by atoms with Gasteiger partial charge in [0.1, 0.15) is 6.10 Å². The van der Waals surface area contributed by atoms with Gasteiger partial charge >= 0.3 is 5.97 Å². The van der Waals surface area contributed by atoms with Crippen molar-refractivity contribution in [3.05, 3.63) is 29.8 Å². The highest BCUT2D eigenvalue weighted by molar-refractivity contribution is 5.90. The van der Waals surface area contributed by atoms with Crippen LogP contribution in [0.1, 0.15) is 50.9 Å². The van der Waals surface area contributed by atoms with E-state index < -0.39 is 11.1 Å². The van der Waals surface area contributed by atoms with Gasteiger partial charge in [-0.2, -0.15) is 0 Å². The fourth-order valence-corrected chi connectivity index (χ4v) is 3.37. The predicted molar refractivity (Wildman–Crippen MR) is 89.9 cm³/mol. The average molecular weight is 319 g/mol. The molecule has 127 valence electrons. The Kier molecular flexibility index (Phi) is 4.74. The van der Waals surface area contributed by atoms with Crippen molar-refractivity contribution in [2.45, 2.75) is 57.7 Å². The Morgan fingerprint density at radius 3 is 2.00 bits per heavy atom. The molecule has 1 saturated heterocycles. The lowest BCUT2D eigenvalue weighted by atomic mass is 9.80. The summed E-state index contributed by atoms with van der Waals surface area (Å²) in [6.07, 6.45) is 0.842. The second-order valence-corrected chi connectivity index (χ2v) is 7.80. The van der Waals surface area contributed by atoms with Gasteiger partial charge < -0.3 is 9.64 Å². The Hall–Kier alpha value is -1.59. The van der Waals surface area contributed by atoms with Crippen LogP contribution in [0.2, 0.25) is 0 Å². The highest BCUT2D eigenvalue weighted by Crippen LogP contribution is 2.38. The first-order chi connectivity index (χ1) is 10.5. The summed E-state index contributed by atoms with van der Waals surface area (Å²) in [7, 11) is 3.91. The van der Waals surface area contributed by atoms with Crippen LogP contribution in [-0.4, -0.2) is 42.3 Å². The molecule has 1 fully saturated rings. The van der Waals surface area contributed by atoms with E-state index in [2.05, 4.69) is 0 Å². The van der Waals surface area contributed by atoms with Gasteiger partial charge in [0.25, 0.3) is 0 Å². The molecule has 0 saturated carbocycles. The Bertz CT molecular complexity index is 546. The van der Waals surface area contributed by atoms with E-state index in [-0.39, 0.29) is 12.1 Å². The molecular weight excluding hydrogens is 292 g/mol. The van der Waals surface area contributed by atoms with Gasteiger partial charge in [0, 0.05) is 43.7 Å². The number of ether oxygens (including phenoxy) is 1. The summed E-state index contributed by atoms with van der Waals surface area (Å²) in [4.78, 5) is 14.3. The van der Waals surface area contributed by atoms with E-state index in [1.54, 1.807) is 12.1 Å². The smallest absolute Gasteiger partial charge is 0.338 e. The van der Waals surface area contributed by atoms with Crippen LogP contribution in [0.4, 0.5) is 5.69 Å². The number of esters is 1. The maximum absolute atomic E-state index is 12.4. The number of hydrogen-bond acceptors (Lipinski definition) is 4. The van der Waals surface area contributed by atoms with E-state index in [1.807, 2.05) is 58.8 Å². The number of piperidine rings is 1. The third-order valence-electron chi connectivity index (χ3n) is 4.45. The minimum atomic E-state index is -0.540. The van der Waals surface area contributed by atoms with Gasteiger partial charge in [-0.25, -0.2) is 4.79 Å². The molecule has 0 unspecified atom stereocenters. The Morgan fingerprint density at radius 1 is 1.09 bits per heavy atom. The number of rotatable bonds is 3. The molecule has 1 aromatic carbocycles. The predicted octanol–water partition coefficient (Wildman–Crippen LogP) is 3.28. The van der Waals surface area contributed by atoms with Gasteiger partial charge in [0.2, 0.25) is 0 Å². The zero-order valence-electron chi connectivity index (χ0n) is 14.9. The van der Waals surface area contributed by atoms with Crippen LogP contribution in [0.5, 0.6) is 0 Å². The van der Waals surface area contributed by atoms with Crippen molar-refractivity contribution in [2.75, 3.05) is 19.0 Å². The molecule has 1 aliphatic rings. The number of carbonyl (C=O) groups is 1. The molecule has 0 spiro atoms. The summed E-state index contributed by atoms with van der Waals surface area (Å²) >= 11 is 0. The minimum Gasteiger partial charge on any atom is -0.459 e. The average Bonchev–Trinajstić information content (AvgIpc) is 2.44. The molecule has 0 aromatic heterocycles. The van der Waals surface area contributed by atoms with Gasteiger partial charge in [0.05, 0.1) is 5.56 Å². The topological polar surface area (TPSA) is 52.7 Å². The first kappa shape index (κ1) is 17.8. The van der Waals surface area contributed by atoms with Crippen LogP contribution in [0, 0.1) is 0 Å². The second-order valence-electron chi connectivity index (χ2n) is 7.80. The molecule has 1 heterocycles. The zero-order valence-corrected chi connectivity index (χ0v) is 14.9. The Morgan fingerprint density at radius 2 is 1.57 bits per heavy atom. The van der Waals surface area contributed by atoms with Crippen LogP contribution in [0.15, 0.2) is 24.3 Å². The van der Waals surface area contributed by atoms with Crippen LogP contribution < -0.4 is 4.90 Å². The molecule has 0 bridgehead atoms. The summed E-state index contributed by atoms with van der Waals surface area (Å²) in [5.41, 5.74) is 0.488. The first-order valence-electron chi connectivity index (χ1n) is 7.99. The van der Waals surface area contributed by atoms with Gasteiger partial charge in [-0.15, -0.1) is 10.3 Å². The molecule has 1 radical (unpaired) electrons. The van der Waals surface area contributed by atoms with E-state index >= 15 is 0 Å². The number of carbonyl (C=O) groups excluding carboxylic acids is 1. The summed E-state index contributed by atoms with van der Waals surface area (Å²) in [5, 5.41) is 13.5. The van der Waals surface area contributed by atoms with Gasteiger partial charge in [-0.1, -0.05) is 0 Å². The van der Waals surface area contributed by atoms with E-state index in [0.717, 1.165) is 10.8 Å². The maximum Gasteiger partial charge on any atom is 0.338 e. The van der Waals surface area contributed by atoms with Crippen LogP contribution in [0.3, 0.4) is 0 Å². The Labute approximate surface area is 138 Å². The molecule has 1 aliphatic heterocycles. The van der Waals surface area contributed by atoms with E-state index in [9.17, 15) is 10.0 Å². The highest BCUT2D eigenvalue weighted by atomic mass is 16.5. The van der Waals surface area contributed by atoms with E-state index in [1.165, 1.54) is 0 Å². The number of hydrogen-bond donors (Lipinski definition) is 0. The highest BCUT2D eigenvalue weighted by Gasteiger charge is 2.47. The van der Waals surface area contributed by atoms with Gasteiger partial charge in [-0.3, -0.25) is 0 Å². The molecule has 23 heavy (non-hydrogen) atoms. The maximum atomic E-state index is 12.4. The van der Waals surface area contributed by atoms with Crippen molar-refractivity contribution in [2.24, 2.45) is 0 Å². The quantitative estimate of drug-likeness (QED) is 0.802. The molecule has 5 nitrogen and oxygen atoms in total. The number of nitrogens with zero attached hydrogens (tertiary/aromatic N) is 2. The van der Waals surface area contributed by atoms with Crippen molar-refractivity contribution in [1.82, 2.24) is 5.06 Å². The fourth-order valence-electron chi connectivity index (χ4n) is 3.37. The SMILES string of the molecule is CN(C)c1ccc(C(=O)OC2CC(C)(C)N([O])C(C)(C)C2)cc1. The monoisotopic (exact) mass is 319 g/mol. The summed E-state index contributed by atoms with van der Waals surface area (Å²) < 4.78 is 5.68. The van der Waals surface area contributed by atoms with Crippen molar-refractivity contribution in [1.29, 1.82) is 0 Å². The third kappa shape index (κ3) is 3.85. The lowest BCUT2D eigenvalue weighted by Gasteiger charge is -2.49. The van der Waals surface area contributed by atoms with E-state index in [4.69, 9.17) is 4.74 Å². The molecular formula is C18H27N2O3. The van der Waals surface area contributed by atoms with Gasteiger partial charge in [-0.05, 0) is 52.0 Å². The first-order valence-corrected chi connectivity index (χ1v) is 7.99. The van der Waals surface area contributed by atoms with Crippen molar-refractivity contribution in [3.8, 4) is 0 Å². The molecule has 2 rings (SSSR count). The third-order valence-corrected chi connectivity index (χ3v) is 4.45. The minimum absolute atomic E-state index is 0.244. The normalized spacial score (nSPS) is 21.0. The van der Waals surface area contributed by atoms with Crippen molar-refractivity contribution >= 4 is 11.7 Å². The van der Waals surface area contributed by atoms with Crippen molar-refractivity contribution in [3.63, 3.8) is 0 Å². The molecule has 0 N–H and O–H groups in total. The van der Waals surface area contributed by atoms with Crippen LogP contribution in [-0.2, 0) is 9.94 Å². The lowest BCUT2D eigenvalue weighted by Crippen LogP contribution is -2.60. The van der Waals surface area contributed by atoms with Crippen LogP contribution in [0.25, 0.3) is 0 Å². The zero-order chi connectivity index (χ0) is 17.4. The molecule has 1 aromatic rings. The number of hydroxylamine groups is 2. The van der Waals surface area contributed by atoms with Gasteiger partial charge in [0.15, 0.2) is 0 Å². The lowest BCUT2D eigenvalue weighted by molar-refractivity contribution is -0.298. The second kappa shape index (κ2) is 6.13. The number of anilines is 1. The number of benzene rings is 1. The summed E-state index contributed by atoms with van der Waals surface area (Å²) in [5.74, 6) is -0.328. The van der Waals surface area contributed by atoms with Crippen molar-refractivity contribution < 1.29 is 14.7 Å². The molecule has 5 heteroatoms. The fraction of sp³-hybridized carbons (Fsp3) is 0.611. The Balaban J connectivity index is 2.08. The van der Waals surface area contributed by atoms with E-state index in [0.29, 0.717) is 18.4 Å². The summed E-state index contributed by atoms with van der Waals surface area (Å²) in [6, 6.07) is 7.34. The van der Waals surface area contributed by atoms with Crippen LogP contribution >= 0.6 is 0 Å². The summed E-state index contributed by atoms with van der Waals surface area (Å²) in [6.45, 7) is 7.59.